The summed E-state index contributed by atoms with van der Waals surface area (Å²) in [5.41, 5.74) is 12.3. The molecule has 4 nitrogen and oxygen atoms in total. The number of carbonyl (C=O) groups is 1. The Morgan fingerprint density at radius 2 is 2.09 bits per heavy atom. The molecule has 0 spiro atoms. The number of aryl methyl sites for hydroxylation is 3. The first-order valence-corrected chi connectivity index (χ1v) is 8.65. The van der Waals surface area contributed by atoms with Crippen molar-refractivity contribution >= 4 is 16.8 Å². The number of hydrogen-bond acceptors (Lipinski definition) is 2. The number of nitrogens with zero attached hydrogens (tertiary/aromatic N) is 1. The van der Waals surface area contributed by atoms with Crippen molar-refractivity contribution in [1.29, 1.82) is 0 Å². The smallest absolute Gasteiger partial charge is 0.223 e. The van der Waals surface area contributed by atoms with E-state index in [-0.39, 0.29) is 11.8 Å². The van der Waals surface area contributed by atoms with Gasteiger partial charge in [-0.25, -0.2) is 0 Å². The van der Waals surface area contributed by atoms with Crippen molar-refractivity contribution in [1.82, 2.24) is 9.88 Å². The zero-order valence-electron chi connectivity index (χ0n) is 14.4. The van der Waals surface area contributed by atoms with Gasteiger partial charge in [-0.2, -0.15) is 0 Å². The maximum atomic E-state index is 12.3. The Hall–Kier alpha value is -1.81. The molecule has 1 heterocycles. The topological polar surface area (TPSA) is 60.0 Å². The van der Waals surface area contributed by atoms with Crippen LogP contribution in [-0.2, 0) is 24.2 Å². The summed E-state index contributed by atoms with van der Waals surface area (Å²) in [6.07, 6.45) is 2.76. The standard InChI is InChI=1S/C19H27N3O/c1-4-22-17-6-5-14(19(23)21-8-7-20)11-16(17)15-9-12(2)13(3)10-18(15)22/h9-10,14H,4-8,11,20H2,1-3H3,(H,21,23). The third-order valence-electron chi connectivity index (χ3n) is 5.21. The molecule has 1 atom stereocenters. The van der Waals surface area contributed by atoms with Crippen LogP contribution in [0.4, 0.5) is 0 Å². The first-order valence-electron chi connectivity index (χ1n) is 8.65. The van der Waals surface area contributed by atoms with Crippen LogP contribution in [0, 0.1) is 19.8 Å². The molecule has 1 aliphatic rings. The predicted octanol–water partition coefficient (Wildman–Crippen LogP) is 2.46. The lowest BCUT2D eigenvalue weighted by molar-refractivity contribution is -0.125. The van der Waals surface area contributed by atoms with E-state index in [4.69, 9.17) is 5.73 Å². The first kappa shape index (κ1) is 16.1. The van der Waals surface area contributed by atoms with E-state index in [1.165, 1.54) is 33.3 Å². The fraction of sp³-hybridized carbons (Fsp3) is 0.526. The van der Waals surface area contributed by atoms with E-state index in [0.717, 1.165) is 25.8 Å². The van der Waals surface area contributed by atoms with Crippen LogP contribution in [0.15, 0.2) is 12.1 Å². The second-order valence-corrected chi connectivity index (χ2v) is 6.64. The van der Waals surface area contributed by atoms with Gasteiger partial charge < -0.3 is 15.6 Å². The molecule has 0 saturated heterocycles. The molecule has 4 heteroatoms. The minimum atomic E-state index is 0.0755. The molecular formula is C19H27N3O. The summed E-state index contributed by atoms with van der Waals surface area (Å²) in [5, 5.41) is 4.29. The molecule has 1 aromatic heterocycles. The molecule has 1 aliphatic carbocycles. The number of carbonyl (C=O) groups excluding carboxylic acids is 1. The van der Waals surface area contributed by atoms with Crippen molar-refractivity contribution in [2.45, 2.75) is 46.6 Å². The molecule has 2 aromatic rings. The van der Waals surface area contributed by atoms with Crippen molar-refractivity contribution < 1.29 is 4.79 Å². The zero-order valence-corrected chi connectivity index (χ0v) is 14.4. The molecule has 1 aromatic carbocycles. The zero-order chi connectivity index (χ0) is 16.6. The number of nitrogens with two attached hydrogens (primary N) is 1. The third-order valence-corrected chi connectivity index (χ3v) is 5.21. The van der Waals surface area contributed by atoms with Gasteiger partial charge in [-0.15, -0.1) is 0 Å². The van der Waals surface area contributed by atoms with E-state index in [0.29, 0.717) is 13.1 Å². The number of fused-ring (bicyclic) bond motifs is 3. The lowest BCUT2D eigenvalue weighted by Gasteiger charge is -2.23. The van der Waals surface area contributed by atoms with Gasteiger partial charge in [0.05, 0.1) is 0 Å². The summed E-state index contributed by atoms with van der Waals surface area (Å²) in [5.74, 6) is 0.230. The number of hydrogen-bond donors (Lipinski definition) is 2. The monoisotopic (exact) mass is 313 g/mol. The van der Waals surface area contributed by atoms with Crippen molar-refractivity contribution in [3.05, 3.63) is 34.5 Å². The Morgan fingerprint density at radius 1 is 1.35 bits per heavy atom. The van der Waals surface area contributed by atoms with Gasteiger partial charge in [-0.05, 0) is 68.9 Å². The highest BCUT2D eigenvalue weighted by atomic mass is 16.1. The molecule has 1 amide bonds. The van der Waals surface area contributed by atoms with Crippen molar-refractivity contribution in [2.24, 2.45) is 11.7 Å². The highest BCUT2D eigenvalue weighted by molar-refractivity contribution is 5.89. The number of benzene rings is 1. The van der Waals surface area contributed by atoms with Gasteiger partial charge in [0, 0.05) is 42.1 Å². The first-order chi connectivity index (χ1) is 11.1. The maximum Gasteiger partial charge on any atom is 0.223 e. The summed E-state index contributed by atoms with van der Waals surface area (Å²) in [6.45, 7) is 8.59. The highest BCUT2D eigenvalue weighted by Gasteiger charge is 2.29. The lowest BCUT2D eigenvalue weighted by Crippen LogP contribution is -2.36. The third kappa shape index (κ3) is 2.76. The summed E-state index contributed by atoms with van der Waals surface area (Å²) < 4.78 is 2.44. The molecule has 0 bridgehead atoms. The summed E-state index contributed by atoms with van der Waals surface area (Å²) >= 11 is 0. The Kier molecular flexibility index (Phi) is 4.44. The second kappa shape index (κ2) is 6.36. The minimum Gasteiger partial charge on any atom is -0.355 e. The van der Waals surface area contributed by atoms with E-state index >= 15 is 0 Å². The average Bonchev–Trinajstić information content (AvgIpc) is 2.85. The maximum absolute atomic E-state index is 12.3. The predicted molar refractivity (Wildman–Crippen MR) is 94.7 cm³/mol. The van der Waals surface area contributed by atoms with E-state index in [1.54, 1.807) is 0 Å². The fourth-order valence-electron chi connectivity index (χ4n) is 3.83. The molecule has 124 valence electrons. The van der Waals surface area contributed by atoms with Crippen molar-refractivity contribution in [3.8, 4) is 0 Å². The Morgan fingerprint density at radius 3 is 2.78 bits per heavy atom. The van der Waals surface area contributed by atoms with Crippen LogP contribution in [0.3, 0.4) is 0 Å². The average molecular weight is 313 g/mol. The van der Waals surface area contributed by atoms with Crippen LogP contribution in [0.25, 0.3) is 10.9 Å². The SMILES string of the molecule is CCn1c2c(c3cc(C)c(C)cc31)CC(C(=O)NCCN)CC2. The van der Waals surface area contributed by atoms with Gasteiger partial charge in [0.2, 0.25) is 5.91 Å². The van der Waals surface area contributed by atoms with Crippen LogP contribution in [-0.4, -0.2) is 23.6 Å². The molecule has 0 saturated carbocycles. The molecule has 23 heavy (non-hydrogen) atoms. The van der Waals surface area contributed by atoms with Crippen LogP contribution in [0.1, 0.15) is 35.7 Å². The van der Waals surface area contributed by atoms with Crippen LogP contribution in [0.2, 0.25) is 0 Å². The van der Waals surface area contributed by atoms with Crippen molar-refractivity contribution in [3.63, 3.8) is 0 Å². The summed E-state index contributed by atoms with van der Waals surface area (Å²) in [6, 6.07) is 4.60. The van der Waals surface area contributed by atoms with E-state index < -0.39 is 0 Å². The number of rotatable bonds is 4. The minimum absolute atomic E-state index is 0.0755. The van der Waals surface area contributed by atoms with Gasteiger partial charge in [0.1, 0.15) is 0 Å². The van der Waals surface area contributed by atoms with Gasteiger partial charge in [-0.3, -0.25) is 4.79 Å². The number of amides is 1. The molecule has 0 aliphatic heterocycles. The molecule has 3 rings (SSSR count). The van der Waals surface area contributed by atoms with Crippen molar-refractivity contribution in [2.75, 3.05) is 13.1 Å². The lowest BCUT2D eigenvalue weighted by atomic mass is 9.85. The van der Waals surface area contributed by atoms with Gasteiger partial charge in [0.25, 0.3) is 0 Å². The Bertz CT molecular complexity index is 745. The molecular weight excluding hydrogens is 286 g/mol. The van der Waals surface area contributed by atoms with E-state index in [2.05, 4.69) is 42.8 Å². The number of nitrogens with one attached hydrogen (secondary N) is 1. The van der Waals surface area contributed by atoms with Gasteiger partial charge in [0.15, 0.2) is 0 Å². The van der Waals surface area contributed by atoms with E-state index in [1.807, 2.05) is 0 Å². The molecule has 1 unspecified atom stereocenters. The van der Waals surface area contributed by atoms with Gasteiger partial charge >= 0.3 is 0 Å². The molecule has 0 radical (unpaired) electrons. The molecule has 3 N–H and O–H groups in total. The number of aromatic nitrogens is 1. The quantitative estimate of drug-likeness (QED) is 0.911. The van der Waals surface area contributed by atoms with E-state index in [9.17, 15) is 4.79 Å². The Labute approximate surface area is 138 Å². The van der Waals surface area contributed by atoms with Crippen LogP contribution >= 0.6 is 0 Å². The van der Waals surface area contributed by atoms with Crippen LogP contribution in [0.5, 0.6) is 0 Å². The summed E-state index contributed by atoms with van der Waals surface area (Å²) in [4.78, 5) is 12.3. The normalized spacial score (nSPS) is 17.3. The summed E-state index contributed by atoms with van der Waals surface area (Å²) in [7, 11) is 0. The van der Waals surface area contributed by atoms with Crippen LogP contribution < -0.4 is 11.1 Å². The molecule has 0 fully saturated rings. The second-order valence-electron chi connectivity index (χ2n) is 6.64. The Balaban J connectivity index is 2.01. The fourth-order valence-corrected chi connectivity index (χ4v) is 3.83. The van der Waals surface area contributed by atoms with Gasteiger partial charge in [-0.1, -0.05) is 0 Å². The highest BCUT2D eigenvalue weighted by Crippen LogP contribution is 2.35. The largest absolute Gasteiger partial charge is 0.355 e.